The van der Waals surface area contributed by atoms with E-state index in [9.17, 15) is 14.7 Å². The van der Waals surface area contributed by atoms with E-state index in [4.69, 9.17) is 0 Å². The Kier molecular flexibility index (Phi) is 4.02. The Hall–Kier alpha value is -1.26. The van der Waals surface area contributed by atoms with Gasteiger partial charge < -0.3 is 15.3 Å². The molecule has 0 aromatic rings. The highest BCUT2D eigenvalue weighted by molar-refractivity contribution is 5.86. The number of hydrogen-bond donors (Lipinski definition) is 2. The molecule has 1 saturated carbocycles. The fraction of sp³-hybridized carbons (Fsp3) is 0.857. The van der Waals surface area contributed by atoms with E-state index in [1.807, 2.05) is 0 Å². The molecule has 2 aliphatic rings. The first-order valence-electron chi connectivity index (χ1n) is 7.24. The monoisotopic (exact) mass is 268 g/mol. The third-order valence-corrected chi connectivity index (χ3v) is 4.90. The van der Waals surface area contributed by atoms with Gasteiger partial charge in [0.05, 0.1) is 0 Å². The summed E-state index contributed by atoms with van der Waals surface area (Å²) in [4.78, 5) is 25.0. The Morgan fingerprint density at radius 3 is 2.68 bits per heavy atom. The molecule has 0 spiro atoms. The van der Waals surface area contributed by atoms with Crippen molar-refractivity contribution < 1.29 is 14.7 Å². The van der Waals surface area contributed by atoms with Crippen molar-refractivity contribution in [3.8, 4) is 0 Å². The first kappa shape index (κ1) is 14.2. The summed E-state index contributed by atoms with van der Waals surface area (Å²) in [7, 11) is 0. The van der Waals surface area contributed by atoms with Crippen LogP contribution < -0.4 is 5.32 Å². The van der Waals surface area contributed by atoms with E-state index < -0.39 is 11.5 Å². The van der Waals surface area contributed by atoms with E-state index in [0.29, 0.717) is 31.3 Å². The first-order valence-corrected chi connectivity index (χ1v) is 7.24. The summed E-state index contributed by atoms with van der Waals surface area (Å²) in [5, 5.41) is 12.2. The summed E-state index contributed by atoms with van der Waals surface area (Å²) >= 11 is 0. The number of rotatable bonds is 3. The average Bonchev–Trinajstić information content (AvgIpc) is 2.93. The van der Waals surface area contributed by atoms with Gasteiger partial charge in [-0.2, -0.15) is 0 Å². The Morgan fingerprint density at radius 1 is 1.37 bits per heavy atom. The van der Waals surface area contributed by atoms with Gasteiger partial charge in [0.1, 0.15) is 5.54 Å². The predicted octanol–water partition coefficient (Wildman–Crippen LogP) is 2.07. The number of carbonyl (C=O) groups is 2. The summed E-state index contributed by atoms with van der Waals surface area (Å²) in [6.45, 7) is 5.07. The molecule has 2 N–H and O–H groups in total. The number of likely N-dealkylation sites (tertiary alicyclic amines) is 1. The molecule has 5 heteroatoms. The van der Waals surface area contributed by atoms with Crippen molar-refractivity contribution in [3.63, 3.8) is 0 Å². The zero-order valence-electron chi connectivity index (χ0n) is 11.8. The summed E-state index contributed by atoms with van der Waals surface area (Å²) in [5.74, 6) is 0.293. The molecular formula is C14H24N2O3. The van der Waals surface area contributed by atoms with Crippen LogP contribution in [0.3, 0.4) is 0 Å². The number of carboxylic acid groups (broad SMARTS) is 1. The lowest BCUT2D eigenvalue weighted by atomic mass is 9.98. The maximum Gasteiger partial charge on any atom is 0.329 e. The highest BCUT2D eigenvalue weighted by atomic mass is 16.4. The molecule has 19 heavy (non-hydrogen) atoms. The van der Waals surface area contributed by atoms with E-state index in [-0.39, 0.29) is 6.03 Å². The van der Waals surface area contributed by atoms with Gasteiger partial charge in [0.25, 0.3) is 0 Å². The van der Waals surface area contributed by atoms with Crippen LogP contribution in [0, 0.1) is 11.8 Å². The Labute approximate surface area is 114 Å². The van der Waals surface area contributed by atoms with Crippen molar-refractivity contribution in [1.29, 1.82) is 0 Å². The molecule has 1 heterocycles. The number of carbonyl (C=O) groups excluding carboxylic acids is 1. The van der Waals surface area contributed by atoms with Crippen LogP contribution in [0.15, 0.2) is 0 Å². The smallest absolute Gasteiger partial charge is 0.329 e. The van der Waals surface area contributed by atoms with E-state index in [0.717, 1.165) is 12.8 Å². The molecule has 0 radical (unpaired) electrons. The van der Waals surface area contributed by atoms with Crippen molar-refractivity contribution in [2.24, 2.45) is 11.8 Å². The van der Waals surface area contributed by atoms with Gasteiger partial charge in [-0.15, -0.1) is 0 Å². The second-order valence-electron chi connectivity index (χ2n) is 6.19. The van der Waals surface area contributed by atoms with Crippen molar-refractivity contribution in [2.75, 3.05) is 13.1 Å². The number of aliphatic carboxylic acids is 1. The fourth-order valence-corrected chi connectivity index (χ4v) is 3.35. The summed E-state index contributed by atoms with van der Waals surface area (Å²) in [6.07, 6.45) is 4.93. The minimum Gasteiger partial charge on any atom is -0.480 e. The molecule has 1 saturated heterocycles. The quantitative estimate of drug-likeness (QED) is 0.823. The van der Waals surface area contributed by atoms with Gasteiger partial charge in [0, 0.05) is 13.1 Å². The molecule has 2 fully saturated rings. The van der Waals surface area contributed by atoms with Crippen LogP contribution in [0.4, 0.5) is 4.79 Å². The van der Waals surface area contributed by atoms with Crippen LogP contribution in [0.1, 0.15) is 46.0 Å². The van der Waals surface area contributed by atoms with Crippen LogP contribution in [-0.4, -0.2) is 40.6 Å². The lowest BCUT2D eigenvalue weighted by Gasteiger charge is -2.31. The molecule has 0 bridgehead atoms. The molecule has 3 unspecified atom stereocenters. The maximum atomic E-state index is 12.2. The minimum absolute atomic E-state index is 0.221. The third kappa shape index (κ3) is 2.69. The fourth-order valence-electron chi connectivity index (χ4n) is 3.35. The summed E-state index contributed by atoms with van der Waals surface area (Å²) in [6, 6.07) is -0.221. The maximum absolute atomic E-state index is 12.2. The molecule has 5 nitrogen and oxygen atoms in total. The third-order valence-electron chi connectivity index (χ3n) is 4.90. The van der Waals surface area contributed by atoms with Gasteiger partial charge in [0.15, 0.2) is 0 Å². The lowest BCUT2D eigenvalue weighted by molar-refractivity contribution is -0.147. The van der Waals surface area contributed by atoms with Crippen molar-refractivity contribution >= 4 is 12.0 Å². The molecule has 1 aliphatic heterocycles. The van der Waals surface area contributed by atoms with Gasteiger partial charge in [-0.3, -0.25) is 0 Å². The molecule has 2 rings (SSSR count). The van der Waals surface area contributed by atoms with Gasteiger partial charge in [0.2, 0.25) is 0 Å². The molecular weight excluding hydrogens is 244 g/mol. The Morgan fingerprint density at radius 2 is 2.11 bits per heavy atom. The van der Waals surface area contributed by atoms with Crippen LogP contribution in [-0.2, 0) is 4.79 Å². The normalized spacial score (nSPS) is 34.5. The molecule has 2 amide bonds. The second kappa shape index (κ2) is 5.39. The largest absolute Gasteiger partial charge is 0.480 e. The molecule has 108 valence electrons. The molecule has 1 aliphatic carbocycles. The van der Waals surface area contributed by atoms with Crippen molar-refractivity contribution in [2.45, 2.75) is 51.5 Å². The Bertz CT molecular complexity index is 372. The molecule has 0 aromatic carbocycles. The zero-order chi connectivity index (χ0) is 14.0. The highest BCUT2D eigenvalue weighted by Gasteiger charge is 2.46. The number of amides is 2. The van der Waals surface area contributed by atoms with Gasteiger partial charge in [-0.05, 0) is 38.0 Å². The number of hydrogen-bond acceptors (Lipinski definition) is 2. The lowest BCUT2D eigenvalue weighted by Crippen LogP contribution is -2.54. The molecule has 0 aromatic heterocycles. The minimum atomic E-state index is -1.04. The first-order chi connectivity index (χ1) is 8.95. The summed E-state index contributed by atoms with van der Waals surface area (Å²) < 4.78 is 0. The Balaban J connectivity index is 1.91. The standard InChI is InChI=1S/C14H24N2O3/c1-10-5-3-6-11(10)9-15-13(19)16-8-4-7-14(16,2)12(17)18/h10-11H,3-9H2,1-2H3,(H,15,19)(H,17,18). The van der Waals surface area contributed by atoms with Gasteiger partial charge in [-0.1, -0.05) is 19.8 Å². The number of carboxylic acids is 1. The second-order valence-corrected chi connectivity index (χ2v) is 6.19. The van der Waals surface area contributed by atoms with E-state index >= 15 is 0 Å². The SMILES string of the molecule is CC1CCCC1CNC(=O)N1CCCC1(C)C(=O)O. The topological polar surface area (TPSA) is 69.6 Å². The van der Waals surface area contributed by atoms with Crippen LogP contribution >= 0.6 is 0 Å². The van der Waals surface area contributed by atoms with Gasteiger partial charge in [-0.25, -0.2) is 9.59 Å². The van der Waals surface area contributed by atoms with Crippen LogP contribution in [0.5, 0.6) is 0 Å². The predicted molar refractivity (Wildman–Crippen MR) is 71.9 cm³/mol. The van der Waals surface area contributed by atoms with E-state index in [1.165, 1.54) is 17.7 Å². The number of nitrogens with zero attached hydrogens (tertiary/aromatic N) is 1. The van der Waals surface area contributed by atoms with Crippen LogP contribution in [0.25, 0.3) is 0 Å². The zero-order valence-corrected chi connectivity index (χ0v) is 11.8. The summed E-state index contributed by atoms with van der Waals surface area (Å²) in [5.41, 5.74) is -1.04. The van der Waals surface area contributed by atoms with Crippen LogP contribution in [0.2, 0.25) is 0 Å². The number of nitrogens with one attached hydrogen (secondary N) is 1. The average molecular weight is 268 g/mol. The van der Waals surface area contributed by atoms with E-state index in [2.05, 4.69) is 12.2 Å². The highest BCUT2D eigenvalue weighted by Crippen LogP contribution is 2.31. The number of urea groups is 1. The van der Waals surface area contributed by atoms with Crippen molar-refractivity contribution in [3.05, 3.63) is 0 Å². The van der Waals surface area contributed by atoms with E-state index in [1.54, 1.807) is 6.92 Å². The van der Waals surface area contributed by atoms with Gasteiger partial charge >= 0.3 is 12.0 Å². The van der Waals surface area contributed by atoms with Crippen molar-refractivity contribution in [1.82, 2.24) is 10.2 Å². The molecule has 3 atom stereocenters.